The molecule has 7 heteroatoms. The van der Waals surface area contributed by atoms with Gasteiger partial charge in [-0.05, 0) is 102 Å². The number of aromatic nitrogens is 3. The lowest BCUT2D eigenvalue weighted by atomic mass is 9.95. The quantitative estimate of drug-likeness (QED) is 0.175. The first-order valence-corrected chi connectivity index (χ1v) is 16.7. The van der Waals surface area contributed by atoms with E-state index in [1.54, 1.807) is 0 Å². The van der Waals surface area contributed by atoms with Gasteiger partial charge in [-0.1, -0.05) is 72.3 Å². The first-order chi connectivity index (χ1) is 24.4. The number of oxazole rings is 3. The number of halogens is 1. The third kappa shape index (κ3) is 5.46. The van der Waals surface area contributed by atoms with E-state index in [-0.39, 0.29) is 0 Å². The maximum absolute atomic E-state index is 6.48. The Labute approximate surface area is 292 Å². The van der Waals surface area contributed by atoms with Crippen LogP contribution in [-0.4, -0.2) is 15.0 Å². The molecule has 0 saturated heterocycles. The fourth-order valence-electron chi connectivity index (χ4n) is 6.35. The first-order valence-electron chi connectivity index (χ1n) is 16.3. The van der Waals surface area contributed by atoms with Crippen molar-refractivity contribution in [3.63, 3.8) is 0 Å². The van der Waals surface area contributed by atoms with Crippen molar-refractivity contribution in [2.75, 3.05) is 0 Å². The van der Waals surface area contributed by atoms with Gasteiger partial charge < -0.3 is 13.3 Å². The monoisotopic (exact) mass is 669 g/mol. The summed E-state index contributed by atoms with van der Waals surface area (Å²) in [5.41, 5.74) is 11.5. The van der Waals surface area contributed by atoms with Crippen LogP contribution in [-0.2, 0) is 0 Å². The summed E-state index contributed by atoms with van der Waals surface area (Å²) in [5.74, 6) is 1.62. The normalized spacial score (nSPS) is 12.1. The van der Waals surface area contributed by atoms with E-state index in [1.807, 2.05) is 116 Å². The molecule has 0 saturated carbocycles. The minimum absolute atomic E-state index is 0.506. The fourth-order valence-corrected chi connectivity index (χ4v) is 6.47. The molecule has 0 aliphatic carbocycles. The van der Waals surface area contributed by atoms with Gasteiger partial charge in [0, 0.05) is 39.3 Å². The van der Waals surface area contributed by atoms with E-state index >= 15 is 0 Å². The lowest BCUT2D eigenvalue weighted by molar-refractivity contribution is 0.589. The molecule has 6 aromatic carbocycles. The van der Waals surface area contributed by atoms with Crippen molar-refractivity contribution < 1.29 is 13.3 Å². The summed E-state index contributed by atoms with van der Waals surface area (Å²) >= 11 is 6.08. The van der Waals surface area contributed by atoms with Crippen molar-refractivity contribution in [1.82, 2.24) is 15.0 Å². The Morgan fingerprint density at radius 3 is 2.10 bits per heavy atom. The first kappa shape index (κ1) is 29.9. The van der Waals surface area contributed by atoms with Crippen LogP contribution < -0.4 is 0 Å². The molecule has 0 bridgehead atoms. The lowest BCUT2D eigenvalue weighted by Gasteiger charge is -2.09. The third-order valence-electron chi connectivity index (χ3n) is 8.87. The summed E-state index contributed by atoms with van der Waals surface area (Å²) in [4.78, 5) is 14.6. The summed E-state index contributed by atoms with van der Waals surface area (Å²) in [7, 11) is 0. The molecular weight excluding hydrogens is 642 g/mol. The van der Waals surface area contributed by atoms with Crippen molar-refractivity contribution in [3.8, 4) is 22.6 Å². The molecule has 0 amide bonds. The van der Waals surface area contributed by atoms with E-state index in [9.17, 15) is 0 Å². The van der Waals surface area contributed by atoms with Crippen LogP contribution in [0, 0.1) is 13.8 Å². The Hall–Kier alpha value is -6.24. The van der Waals surface area contributed by atoms with E-state index in [0.29, 0.717) is 33.9 Å². The molecule has 0 atom stereocenters. The second kappa shape index (κ2) is 12.0. The summed E-state index contributed by atoms with van der Waals surface area (Å²) in [6.45, 7) is 4.13. The second-order valence-corrected chi connectivity index (χ2v) is 12.8. The third-order valence-corrected chi connectivity index (χ3v) is 9.12. The number of aryl methyl sites for hydroxylation is 2. The molecule has 240 valence electrons. The summed E-state index contributed by atoms with van der Waals surface area (Å²) < 4.78 is 18.7. The molecular formula is C43H28ClN3O3. The molecule has 50 heavy (non-hydrogen) atoms. The van der Waals surface area contributed by atoms with Crippen molar-refractivity contribution in [2.45, 2.75) is 13.8 Å². The highest BCUT2D eigenvalue weighted by atomic mass is 35.5. The zero-order valence-corrected chi connectivity index (χ0v) is 27.9. The van der Waals surface area contributed by atoms with Gasteiger partial charge in [0.05, 0.1) is 0 Å². The average molecular weight is 670 g/mol. The van der Waals surface area contributed by atoms with Crippen LogP contribution in [0.2, 0.25) is 5.02 Å². The maximum atomic E-state index is 6.48. The number of hydrogen-bond donors (Lipinski definition) is 0. The molecule has 0 N–H and O–H groups in total. The van der Waals surface area contributed by atoms with Crippen LogP contribution in [0.5, 0.6) is 0 Å². The number of hydrogen-bond acceptors (Lipinski definition) is 6. The molecule has 3 aromatic heterocycles. The van der Waals surface area contributed by atoms with Gasteiger partial charge in [0.25, 0.3) is 0 Å². The van der Waals surface area contributed by atoms with Gasteiger partial charge in [-0.3, -0.25) is 0 Å². The smallest absolute Gasteiger partial charge is 0.227 e. The predicted octanol–water partition coefficient (Wildman–Crippen LogP) is 12.2. The van der Waals surface area contributed by atoms with Crippen LogP contribution in [0.25, 0.3) is 91.0 Å². The minimum atomic E-state index is 0.506. The lowest BCUT2D eigenvalue weighted by Crippen LogP contribution is -1.88. The van der Waals surface area contributed by atoms with Gasteiger partial charge in [-0.15, -0.1) is 0 Å². The summed E-state index contributed by atoms with van der Waals surface area (Å²) in [6.07, 6.45) is 7.73. The van der Waals surface area contributed by atoms with Crippen LogP contribution in [0.3, 0.4) is 0 Å². The highest BCUT2D eigenvalue weighted by Gasteiger charge is 2.20. The average Bonchev–Trinajstić information content (AvgIpc) is 3.87. The molecule has 9 aromatic rings. The fraction of sp³-hybridized carbons (Fsp3) is 0.0465. The molecule has 0 fully saturated rings. The standard InChI is InChI=1S/C43H28ClN3O3/c1-25-7-19-35-34(23-25)45-43(49-35)29-15-9-27(10-16-29)13-21-37-47-41-36(48-37)20-8-26(2)39(41)33-24-30-5-3-4-6-32(30)40-42(33)50-38(46-40)22-14-28-11-17-31(44)18-12-28/h3-24H,1-2H3. The van der Waals surface area contributed by atoms with Crippen LogP contribution in [0.1, 0.15) is 34.0 Å². The van der Waals surface area contributed by atoms with E-state index in [4.69, 9.17) is 34.8 Å². The van der Waals surface area contributed by atoms with E-state index in [0.717, 1.165) is 71.8 Å². The topological polar surface area (TPSA) is 78.1 Å². The van der Waals surface area contributed by atoms with Crippen LogP contribution in [0.15, 0.2) is 122 Å². The molecule has 0 spiro atoms. The Morgan fingerprint density at radius 2 is 1.30 bits per heavy atom. The zero-order valence-electron chi connectivity index (χ0n) is 27.1. The van der Waals surface area contributed by atoms with Gasteiger partial charge >= 0.3 is 0 Å². The highest BCUT2D eigenvalue weighted by molar-refractivity contribution is 6.30. The number of nitrogens with zero attached hydrogens (tertiary/aromatic N) is 3. The highest BCUT2D eigenvalue weighted by Crippen LogP contribution is 2.40. The second-order valence-electron chi connectivity index (χ2n) is 12.4. The van der Waals surface area contributed by atoms with Crippen molar-refractivity contribution in [3.05, 3.63) is 148 Å². The molecule has 9 rings (SSSR count). The van der Waals surface area contributed by atoms with Crippen LogP contribution >= 0.6 is 11.6 Å². The van der Waals surface area contributed by atoms with Gasteiger partial charge in [0.15, 0.2) is 16.7 Å². The van der Waals surface area contributed by atoms with Gasteiger partial charge in [-0.25, -0.2) is 15.0 Å². The van der Waals surface area contributed by atoms with E-state index in [1.165, 1.54) is 0 Å². The van der Waals surface area contributed by atoms with Gasteiger partial charge in [-0.2, -0.15) is 0 Å². The summed E-state index contributed by atoms with van der Waals surface area (Å²) in [5, 5.41) is 2.78. The number of benzene rings is 6. The Morgan fingerprint density at radius 1 is 0.600 bits per heavy atom. The molecule has 0 aliphatic rings. The zero-order chi connectivity index (χ0) is 33.8. The molecule has 3 heterocycles. The Kier molecular flexibility index (Phi) is 7.18. The SMILES string of the molecule is Cc1ccc2oc(-c3ccc(C=Cc4nc5c(-c6cc7ccccc7c7nc(C=Cc8ccc(Cl)cc8)oc67)c(C)ccc5o4)cc3)nc2c1. The van der Waals surface area contributed by atoms with Crippen molar-refractivity contribution in [1.29, 1.82) is 0 Å². The maximum Gasteiger partial charge on any atom is 0.227 e. The Balaban J connectivity index is 1.07. The molecule has 0 radical (unpaired) electrons. The van der Waals surface area contributed by atoms with Gasteiger partial charge in [0.2, 0.25) is 17.7 Å². The van der Waals surface area contributed by atoms with E-state index in [2.05, 4.69) is 36.2 Å². The Bertz CT molecular complexity index is 2780. The number of rotatable bonds is 6. The minimum Gasteiger partial charge on any atom is -0.437 e. The molecule has 0 unspecified atom stereocenters. The molecule has 0 aliphatic heterocycles. The largest absolute Gasteiger partial charge is 0.437 e. The molecule has 6 nitrogen and oxygen atoms in total. The van der Waals surface area contributed by atoms with Crippen molar-refractivity contribution >= 4 is 80.0 Å². The summed E-state index contributed by atoms with van der Waals surface area (Å²) in [6, 6.07) is 36.1. The van der Waals surface area contributed by atoms with E-state index < -0.39 is 0 Å². The van der Waals surface area contributed by atoms with Crippen molar-refractivity contribution in [2.24, 2.45) is 0 Å². The predicted molar refractivity (Wildman–Crippen MR) is 203 cm³/mol. The van der Waals surface area contributed by atoms with Gasteiger partial charge in [0.1, 0.15) is 16.6 Å². The van der Waals surface area contributed by atoms with Crippen LogP contribution in [0.4, 0.5) is 0 Å². The number of fused-ring (bicyclic) bond motifs is 5.